The van der Waals surface area contributed by atoms with E-state index in [-0.39, 0.29) is 18.3 Å². The summed E-state index contributed by atoms with van der Waals surface area (Å²) in [5, 5.41) is 2.71. The average molecular weight is 442 g/mol. The first kappa shape index (κ1) is 22.0. The van der Waals surface area contributed by atoms with Gasteiger partial charge in [0.2, 0.25) is 0 Å². The molecule has 0 aliphatic carbocycles. The lowest BCUT2D eigenvalue weighted by Crippen LogP contribution is -2.36. The minimum Gasteiger partial charge on any atom is -0.497 e. The second-order valence-electron chi connectivity index (χ2n) is 7.12. The minimum absolute atomic E-state index is 0. The second kappa shape index (κ2) is 9.43. The van der Waals surface area contributed by atoms with E-state index in [1.54, 1.807) is 12.0 Å². The first-order valence-corrected chi connectivity index (χ1v) is 10.3. The molecule has 0 atom stereocenters. The quantitative estimate of drug-likeness (QED) is 0.418. The molecule has 0 saturated carbocycles. The molecule has 30 heavy (non-hydrogen) atoms. The molecule has 0 saturated heterocycles. The van der Waals surface area contributed by atoms with Gasteiger partial charge < -0.3 is 9.64 Å². The number of anilines is 1. The lowest BCUT2D eigenvalue weighted by atomic mass is 10.0. The zero-order valence-corrected chi connectivity index (χ0v) is 18.8. The van der Waals surface area contributed by atoms with Gasteiger partial charge in [-0.05, 0) is 49.1 Å². The molecule has 0 N–H and O–H groups in total. The number of rotatable bonds is 6. The van der Waals surface area contributed by atoms with Crippen molar-refractivity contribution in [1.29, 1.82) is 0 Å². The molecule has 0 spiro atoms. The highest BCUT2D eigenvalue weighted by Gasteiger charge is 2.23. The molecular formula is C23H24ClN3O2S. The van der Waals surface area contributed by atoms with Crippen LogP contribution in [0.1, 0.15) is 10.4 Å². The van der Waals surface area contributed by atoms with Crippen molar-refractivity contribution in [3.05, 3.63) is 66.2 Å². The maximum Gasteiger partial charge on any atom is 0.260 e. The van der Waals surface area contributed by atoms with Crippen molar-refractivity contribution in [1.82, 2.24) is 9.88 Å². The molecule has 3 aromatic carbocycles. The molecule has 4 aromatic rings. The van der Waals surface area contributed by atoms with Gasteiger partial charge in [0.05, 0.1) is 17.3 Å². The average Bonchev–Trinajstić information content (AvgIpc) is 3.15. The van der Waals surface area contributed by atoms with E-state index in [2.05, 4.69) is 4.90 Å². The maximum atomic E-state index is 13.6. The van der Waals surface area contributed by atoms with Crippen LogP contribution in [0.5, 0.6) is 5.75 Å². The van der Waals surface area contributed by atoms with Gasteiger partial charge >= 0.3 is 0 Å². The standard InChI is InChI=1S/C23H23N3O2S.ClH/c1-25(2)13-14-26(23-24-20-12-11-17(28-3)15-21(20)29-23)22(27)19-10-6-8-16-7-4-5-9-18(16)19;/h4-12,15H,13-14H2,1-3H3;1H. The Morgan fingerprint density at radius 1 is 1.03 bits per heavy atom. The van der Waals surface area contributed by atoms with Crippen LogP contribution in [0.15, 0.2) is 60.7 Å². The Morgan fingerprint density at radius 3 is 2.57 bits per heavy atom. The molecule has 0 radical (unpaired) electrons. The van der Waals surface area contributed by atoms with Crippen LogP contribution in [-0.4, -0.2) is 50.1 Å². The van der Waals surface area contributed by atoms with Crippen molar-refractivity contribution in [3.8, 4) is 5.75 Å². The summed E-state index contributed by atoms with van der Waals surface area (Å²) in [6, 6.07) is 19.6. The lowest BCUT2D eigenvalue weighted by Gasteiger charge is -2.22. The summed E-state index contributed by atoms with van der Waals surface area (Å²) < 4.78 is 6.33. The summed E-state index contributed by atoms with van der Waals surface area (Å²) in [7, 11) is 5.66. The number of carbonyl (C=O) groups is 1. The van der Waals surface area contributed by atoms with Crippen LogP contribution in [-0.2, 0) is 0 Å². The number of likely N-dealkylation sites (N-methyl/N-ethyl adjacent to an activating group) is 1. The fraction of sp³-hybridized carbons (Fsp3) is 0.217. The number of thiazole rings is 1. The van der Waals surface area contributed by atoms with Crippen molar-refractivity contribution in [3.63, 3.8) is 0 Å². The van der Waals surface area contributed by atoms with Crippen LogP contribution in [0.3, 0.4) is 0 Å². The number of halogens is 1. The highest BCUT2D eigenvalue weighted by Crippen LogP contribution is 2.32. The highest BCUT2D eigenvalue weighted by molar-refractivity contribution is 7.22. The topological polar surface area (TPSA) is 45.7 Å². The predicted molar refractivity (Wildman–Crippen MR) is 128 cm³/mol. The number of ether oxygens (including phenoxy) is 1. The summed E-state index contributed by atoms with van der Waals surface area (Å²) in [5.74, 6) is 0.752. The summed E-state index contributed by atoms with van der Waals surface area (Å²) in [5.41, 5.74) is 1.56. The number of nitrogens with zero attached hydrogens (tertiary/aromatic N) is 3. The fourth-order valence-corrected chi connectivity index (χ4v) is 4.29. The van der Waals surface area contributed by atoms with Gasteiger partial charge in [-0.25, -0.2) is 4.98 Å². The summed E-state index contributed by atoms with van der Waals surface area (Å²) in [6.45, 7) is 1.31. The van der Waals surface area contributed by atoms with E-state index < -0.39 is 0 Å². The summed E-state index contributed by atoms with van der Waals surface area (Å²) in [6.07, 6.45) is 0. The molecule has 0 aliphatic heterocycles. The normalized spacial score (nSPS) is 10.9. The zero-order chi connectivity index (χ0) is 20.4. The smallest absolute Gasteiger partial charge is 0.260 e. The Kier molecular flexibility index (Phi) is 6.92. The minimum atomic E-state index is -0.0327. The lowest BCUT2D eigenvalue weighted by molar-refractivity contribution is 0.0987. The molecule has 1 heterocycles. The SMILES string of the molecule is COc1ccc2nc(N(CCN(C)C)C(=O)c3cccc4ccccc34)sc2c1.Cl. The third-order valence-corrected chi connectivity index (χ3v) is 5.89. The zero-order valence-electron chi connectivity index (χ0n) is 17.2. The Balaban J connectivity index is 0.00000256. The molecule has 0 unspecified atom stereocenters. The van der Waals surface area contributed by atoms with Gasteiger partial charge in [0.15, 0.2) is 5.13 Å². The molecular weight excluding hydrogens is 418 g/mol. The van der Waals surface area contributed by atoms with E-state index >= 15 is 0 Å². The molecule has 0 aliphatic rings. The van der Waals surface area contributed by atoms with Crippen LogP contribution < -0.4 is 9.64 Å². The van der Waals surface area contributed by atoms with Gasteiger partial charge in [0.25, 0.3) is 5.91 Å². The number of fused-ring (bicyclic) bond motifs is 2. The van der Waals surface area contributed by atoms with Crippen LogP contribution in [0, 0.1) is 0 Å². The Hall–Kier alpha value is -2.67. The highest BCUT2D eigenvalue weighted by atomic mass is 35.5. The van der Waals surface area contributed by atoms with Crippen molar-refractivity contribution < 1.29 is 9.53 Å². The number of hydrogen-bond acceptors (Lipinski definition) is 5. The third-order valence-electron chi connectivity index (χ3n) is 4.85. The number of hydrogen-bond donors (Lipinski definition) is 0. The molecule has 7 heteroatoms. The fourth-order valence-electron chi connectivity index (χ4n) is 3.28. The van der Waals surface area contributed by atoms with Gasteiger partial charge in [0.1, 0.15) is 5.75 Å². The van der Waals surface area contributed by atoms with Gasteiger partial charge in [-0.15, -0.1) is 12.4 Å². The van der Waals surface area contributed by atoms with Crippen molar-refractivity contribution in [2.75, 3.05) is 39.2 Å². The number of carbonyl (C=O) groups excluding carboxylic acids is 1. The predicted octanol–water partition coefficient (Wildman–Crippen LogP) is 5.09. The van der Waals surface area contributed by atoms with E-state index in [9.17, 15) is 4.79 Å². The first-order chi connectivity index (χ1) is 14.1. The van der Waals surface area contributed by atoms with Gasteiger partial charge in [-0.3, -0.25) is 9.69 Å². The maximum absolute atomic E-state index is 13.6. The molecule has 0 bridgehead atoms. The summed E-state index contributed by atoms with van der Waals surface area (Å²) >= 11 is 1.51. The van der Waals surface area contributed by atoms with E-state index in [0.29, 0.717) is 17.2 Å². The summed E-state index contributed by atoms with van der Waals surface area (Å²) in [4.78, 5) is 22.2. The number of amides is 1. The molecule has 4 rings (SSSR count). The number of benzene rings is 3. The second-order valence-corrected chi connectivity index (χ2v) is 8.13. The first-order valence-electron chi connectivity index (χ1n) is 9.46. The number of methoxy groups -OCH3 is 1. The number of aromatic nitrogens is 1. The molecule has 156 valence electrons. The van der Waals surface area contributed by atoms with E-state index in [0.717, 1.165) is 33.3 Å². The molecule has 1 aromatic heterocycles. The Bertz CT molecular complexity index is 1170. The van der Waals surface area contributed by atoms with Crippen LogP contribution >= 0.6 is 23.7 Å². The Morgan fingerprint density at radius 2 is 1.80 bits per heavy atom. The van der Waals surface area contributed by atoms with Crippen LogP contribution in [0.25, 0.3) is 21.0 Å². The largest absolute Gasteiger partial charge is 0.497 e. The van der Waals surface area contributed by atoms with Crippen molar-refractivity contribution >= 4 is 55.8 Å². The molecule has 0 fully saturated rings. The van der Waals surface area contributed by atoms with Crippen LogP contribution in [0.4, 0.5) is 5.13 Å². The van der Waals surface area contributed by atoms with E-state index in [4.69, 9.17) is 9.72 Å². The molecule has 1 amide bonds. The van der Waals surface area contributed by atoms with E-state index in [1.165, 1.54) is 11.3 Å². The van der Waals surface area contributed by atoms with Gasteiger partial charge in [-0.2, -0.15) is 0 Å². The monoisotopic (exact) mass is 441 g/mol. The van der Waals surface area contributed by atoms with Gasteiger partial charge in [0, 0.05) is 18.7 Å². The molecule has 5 nitrogen and oxygen atoms in total. The van der Waals surface area contributed by atoms with Gasteiger partial charge in [-0.1, -0.05) is 47.7 Å². The van der Waals surface area contributed by atoms with E-state index in [1.807, 2.05) is 74.8 Å². The van der Waals surface area contributed by atoms with Crippen LogP contribution in [0.2, 0.25) is 0 Å². The van der Waals surface area contributed by atoms with Crippen molar-refractivity contribution in [2.24, 2.45) is 0 Å². The van der Waals surface area contributed by atoms with Crippen molar-refractivity contribution in [2.45, 2.75) is 0 Å². The third kappa shape index (κ3) is 4.41. The Labute approximate surface area is 186 Å².